The van der Waals surface area contributed by atoms with Crippen LogP contribution in [0.1, 0.15) is 27.2 Å². The largest absolute Gasteiger partial charge is 0.379 e. The highest BCUT2D eigenvalue weighted by molar-refractivity contribution is 4.49. The maximum absolute atomic E-state index is 5.44. The van der Waals surface area contributed by atoms with Crippen molar-refractivity contribution in [3.8, 4) is 0 Å². The molecular formula is C15H33NO4. The van der Waals surface area contributed by atoms with Crippen LogP contribution in [-0.4, -0.2) is 65.9 Å². The second kappa shape index (κ2) is 16.9. The molecule has 0 heterocycles. The predicted octanol–water partition coefficient (Wildman–Crippen LogP) is 1.71. The topological polar surface area (TPSA) is 49.0 Å². The van der Waals surface area contributed by atoms with Crippen molar-refractivity contribution in [2.24, 2.45) is 5.92 Å². The van der Waals surface area contributed by atoms with Gasteiger partial charge in [0.2, 0.25) is 0 Å². The summed E-state index contributed by atoms with van der Waals surface area (Å²) in [7, 11) is 0. The summed E-state index contributed by atoms with van der Waals surface area (Å²) in [5.74, 6) is 0.686. The average Bonchev–Trinajstić information content (AvgIpc) is 2.43. The van der Waals surface area contributed by atoms with Gasteiger partial charge in [-0.15, -0.1) is 0 Å². The first-order valence-electron chi connectivity index (χ1n) is 7.79. The lowest BCUT2D eigenvalue weighted by Gasteiger charge is -2.08. The van der Waals surface area contributed by atoms with Crippen molar-refractivity contribution in [1.82, 2.24) is 5.32 Å². The van der Waals surface area contributed by atoms with E-state index >= 15 is 0 Å². The van der Waals surface area contributed by atoms with E-state index in [1.165, 1.54) is 0 Å². The minimum Gasteiger partial charge on any atom is -0.379 e. The van der Waals surface area contributed by atoms with E-state index in [0.29, 0.717) is 45.6 Å². The summed E-state index contributed by atoms with van der Waals surface area (Å²) in [5.41, 5.74) is 0. The van der Waals surface area contributed by atoms with Crippen LogP contribution in [0.2, 0.25) is 0 Å². The van der Waals surface area contributed by atoms with Gasteiger partial charge < -0.3 is 24.3 Å². The zero-order chi connectivity index (χ0) is 14.9. The van der Waals surface area contributed by atoms with Crippen LogP contribution < -0.4 is 5.32 Å². The van der Waals surface area contributed by atoms with E-state index in [0.717, 1.165) is 32.7 Å². The molecule has 0 aromatic rings. The lowest BCUT2D eigenvalue weighted by Crippen LogP contribution is -2.24. The Morgan fingerprint density at radius 3 is 1.60 bits per heavy atom. The fourth-order valence-corrected chi connectivity index (χ4v) is 1.44. The molecule has 0 bridgehead atoms. The first-order valence-corrected chi connectivity index (χ1v) is 7.79. The van der Waals surface area contributed by atoms with E-state index in [-0.39, 0.29) is 0 Å². The maximum Gasteiger partial charge on any atom is 0.0701 e. The third-order valence-corrected chi connectivity index (χ3v) is 2.44. The van der Waals surface area contributed by atoms with Gasteiger partial charge in [-0.3, -0.25) is 0 Å². The van der Waals surface area contributed by atoms with E-state index in [9.17, 15) is 0 Å². The summed E-state index contributed by atoms with van der Waals surface area (Å²) in [6.07, 6.45) is 1.05. The molecular weight excluding hydrogens is 258 g/mol. The van der Waals surface area contributed by atoms with Gasteiger partial charge in [0.15, 0.2) is 0 Å². The number of ether oxygens (including phenoxy) is 4. The number of rotatable bonds is 16. The smallest absolute Gasteiger partial charge is 0.0701 e. The van der Waals surface area contributed by atoms with Crippen LogP contribution in [0.25, 0.3) is 0 Å². The van der Waals surface area contributed by atoms with Crippen molar-refractivity contribution in [1.29, 1.82) is 0 Å². The molecule has 5 nitrogen and oxygen atoms in total. The molecule has 0 amide bonds. The van der Waals surface area contributed by atoms with Gasteiger partial charge in [0.05, 0.1) is 46.2 Å². The lowest BCUT2D eigenvalue weighted by molar-refractivity contribution is -0.00138. The van der Waals surface area contributed by atoms with E-state index in [4.69, 9.17) is 18.9 Å². The van der Waals surface area contributed by atoms with E-state index < -0.39 is 0 Å². The van der Waals surface area contributed by atoms with Gasteiger partial charge in [0.25, 0.3) is 0 Å². The van der Waals surface area contributed by atoms with Gasteiger partial charge >= 0.3 is 0 Å². The van der Waals surface area contributed by atoms with Crippen LogP contribution in [0.5, 0.6) is 0 Å². The minimum absolute atomic E-state index is 0.614. The molecule has 20 heavy (non-hydrogen) atoms. The summed E-state index contributed by atoms with van der Waals surface area (Å²) in [4.78, 5) is 0. The Morgan fingerprint density at radius 1 is 0.700 bits per heavy atom. The molecule has 0 spiro atoms. The van der Waals surface area contributed by atoms with Gasteiger partial charge in [-0.1, -0.05) is 20.8 Å². The summed E-state index contributed by atoms with van der Waals surface area (Å²) >= 11 is 0. The highest BCUT2D eigenvalue weighted by atomic mass is 16.6. The first-order chi connectivity index (χ1) is 9.77. The maximum atomic E-state index is 5.44. The molecule has 0 saturated carbocycles. The van der Waals surface area contributed by atoms with Gasteiger partial charge in [-0.25, -0.2) is 0 Å². The quantitative estimate of drug-likeness (QED) is 0.439. The van der Waals surface area contributed by atoms with Gasteiger partial charge in [-0.2, -0.15) is 0 Å². The van der Waals surface area contributed by atoms with E-state index in [1.807, 2.05) is 0 Å². The minimum atomic E-state index is 0.614. The second-order valence-electron chi connectivity index (χ2n) is 5.05. The van der Waals surface area contributed by atoms with Crippen molar-refractivity contribution in [2.45, 2.75) is 27.2 Å². The number of hydrogen-bond donors (Lipinski definition) is 1. The van der Waals surface area contributed by atoms with Crippen LogP contribution in [0.15, 0.2) is 0 Å². The summed E-state index contributed by atoms with van der Waals surface area (Å²) in [6.45, 7) is 13.8. The Bertz CT molecular complexity index is 179. The van der Waals surface area contributed by atoms with E-state index in [2.05, 4.69) is 26.1 Å². The Kier molecular flexibility index (Phi) is 16.7. The van der Waals surface area contributed by atoms with Gasteiger partial charge in [-0.05, 0) is 18.9 Å². The average molecular weight is 291 g/mol. The molecule has 0 saturated heterocycles. The Morgan fingerprint density at radius 2 is 1.15 bits per heavy atom. The van der Waals surface area contributed by atoms with Crippen LogP contribution in [0.3, 0.4) is 0 Å². The number of nitrogens with one attached hydrogen (secondary N) is 1. The highest BCUT2D eigenvalue weighted by Gasteiger charge is 1.94. The fourth-order valence-electron chi connectivity index (χ4n) is 1.44. The molecule has 0 atom stereocenters. The molecule has 122 valence electrons. The highest BCUT2D eigenvalue weighted by Crippen LogP contribution is 1.86. The van der Waals surface area contributed by atoms with Crippen molar-refractivity contribution < 1.29 is 18.9 Å². The number of hydrogen-bond acceptors (Lipinski definition) is 5. The Balaban J connectivity index is 2.92. The molecule has 1 N–H and O–H groups in total. The van der Waals surface area contributed by atoms with Crippen LogP contribution >= 0.6 is 0 Å². The predicted molar refractivity (Wildman–Crippen MR) is 81.3 cm³/mol. The standard InChI is InChI=1S/C15H33NO4/c1-4-6-17-8-10-19-12-13-20-11-9-18-7-5-16-14-15(2)3/h15-16H,4-14H2,1-3H3. The molecule has 0 radical (unpaired) electrons. The van der Waals surface area contributed by atoms with E-state index in [1.54, 1.807) is 0 Å². The zero-order valence-electron chi connectivity index (χ0n) is 13.5. The Labute approximate surface area is 124 Å². The molecule has 0 aromatic carbocycles. The molecule has 0 aliphatic heterocycles. The Hall–Kier alpha value is -0.200. The van der Waals surface area contributed by atoms with Crippen molar-refractivity contribution >= 4 is 0 Å². The monoisotopic (exact) mass is 291 g/mol. The van der Waals surface area contributed by atoms with Crippen molar-refractivity contribution in [2.75, 3.05) is 65.9 Å². The molecule has 5 heteroatoms. The summed E-state index contributed by atoms with van der Waals surface area (Å²) in [5, 5.41) is 3.33. The molecule has 0 rings (SSSR count). The second-order valence-corrected chi connectivity index (χ2v) is 5.05. The molecule has 0 unspecified atom stereocenters. The third-order valence-electron chi connectivity index (χ3n) is 2.44. The zero-order valence-corrected chi connectivity index (χ0v) is 13.5. The fraction of sp³-hybridized carbons (Fsp3) is 1.00. The molecule has 0 aromatic heterocycles. The van der Waals surface area contributed by atoms with Crippen LogP contribution in [0.4, 0.5) is 0 Å². The van der Waals surface area contributed by atoms with Gasteiger partial charge in [0.1, 0.15) is 0 Å². The van der Waals surface area contributed by atoms with Crippen molar-refractivity contribution in [3.05, 3.63) is 0 Å². The van der Waals surface area contributed by atoms with Crippen LogP contribution in [0, 0.1) is 5.92 Å². The molecule has 0 fully saturated rings. The van der Waals surface area contributed by atoms with Crippen LogP contribution in [-0.2, 0) is 18.9 Å². The first kappa shape index (κ1) is 19.8. The SMILES string of the molecule is CCCOCCOCCOCCOCCNCC(C)C. The molecule has 0 aliphatic rings. The summed E-state index contributed by atoms with van der Waals surface area (Å²) in [6, 6.07) is 0. The van der Waals surface area contributed by atoms with Gasteiger partial charge in [0, 0.05) is 13.2 Å². The normalized spacial score (nSPS) is 11.4. The third kappa shape index (κ3) is 17.8. The lowest BCUT2D eigenvalue weighted by atomic mass is 10.2. The summed E-state index contributed by atoms with van der Waals surface area (Å²) < 4.78 is 21.5. The van der Waals surface area contributed by atoms with Crippen molar-refractivity contribution in [3.63, 3.8) is 0 Å². The molecule has 0 aliphatic carbocycles.